The molecule has 0 aliphatic rings. The van der Waals surface area contributed by atoms with E-state index in [-0.39, 0.29) is 24.0 Å². The quantitative estimate of drug-likeness (QED) is 0.384. The largest absolute Gasteiger partial charge is 0.484 e. The summed E-state index contributed by atoms with van der Waals surface area (Å²) in [5.41, 5.74) is 2.50. The molecule has 0 bridgehead atoms. The molecule has 1 N–H and O–H groups in total. The molecule has 4 rings (SSSR count). The highest BCUT2D eigenvalue weighted by molar-refractivity contribution is 5.91. The maximum Gasteiger partial charge on any atom is 0.286 e. The molecule has 0 saturated carbocycles. The fourth-order valence-corrected chi connectivity index (χ4v) is 2.83. The molecule has 0 saturated heterocycles. The van der Waals surface area contributed by atoms with E-state index in [0.29, 0.717) is 22.8 Å². The third-order valence-corrected chi connectivity index (χ3v) is 4.29. The van der Waals surface area contributed by atoms with Gasteiger partial charge in [0.15, 0.2) is 6.61 Å². The van der Waals surface area contributed by atoms with Crippen molar-refractivity contribution < 1.29 is 18.8 Å². The predicted molar refractivity (Wildman–Crippen MR) is 108 cm³/mol. The molecular weight excluding hydrogens is 391 g/mol. The van der Waals surface area contributed by atoms with Crippen LogP contribution < -0.4 is 10.1 Å². The van der Waals surface area contributed by atoms with Crippen LogP contribution in [0.5, 0.6) is 5.75 Å². The highest BCUT2D eigenvalue weighted by Gasteiger charge is 2.10. The zero-order valence-electron chi connectivity index (χ0n) is 15.5. The van der Waals surface area contributed by atoms with Crippen molar-refractivity contribution >= 4 is 22.9 Å². The first-order chi connectivity index (χ1) is 14.5. The number of hydrogen-bond donors (Lipinski definition) is 1. The maximum atomic E-state index is 12.9. The van der Waals surface area contributed by atoms with Gasteiger partial charge in [-0.25, -0.2) is 9.37 Å². The Balaban J connectivity index is 1.40. The second-order valence-electron chi connectivity index (χ2n) is 6.40. The molecule has 0 aliphatic heterocycles. The Kier molecular flexibility index (Phi) is 5.08. The van der Waals surface area contributed by atoms with Gasteiger partial charge in [-0.05, 0) is 54.6 Å². The maximum absolute atomic E-state index is 12.9. The predicted octanol–water partition coefficient (Wildman–Crippen LogP) is 4.07. The summed E-state index contributed by atoms with van der Waals surface area (Å²) in [6, 6.07) is 15.4. The van der Waals surface area contributed by atoms with Gasteiger partial charge in [0.25, 0.3) is 11.6 Å². The van der Waals surface area contributed by atoms with Crippen LogP contribution in [0.4, 0.5) is 15.8 Å². The molecule has 2 aromatic carbocycles. The van der Waals surface area contributed by atoms with Crippen LogP contribution >= 0.6 is 0 Å². The zero-order valence-corrected chi connectivity index (χ0v) is 15.5. The number of aromatic nitrogens is 2. The molecule has 8 nitrogen and oxygen atoms in total. The van der Waals surface area contributed by atoms with Crippen LogP contribution in [0, 0.1) is 15.9 Å². The molecule has 0 unspecified atom stereocenters. The van der Waals surface area contributed by atoms with Crippen molar-refractivity contribution in [3.8, 4) is 17.0 Å². The van der Waals surface area contributed by atoms with Crippen molar-refractivity contribution in [2.75, 3.05) is 11.9 Å². The summed E-state index contributed by atoms with van der Waals surface area (Å²) in [6.45, 7) is -0.200. The summed E-state index contributed by atoms with van der Waals surface area (Å²) < 4.78 is 20.0. The van der Waals surface area contributed by atoms with Crippen molar-refractivity contribution in [2.45, 2.75) is 0 Å². The van der Waals surface area contributed by atoms with Crippen LogP contribution in [0.3, 0.4) is 0 Å². The molecule has 1 amide bonds. The van der Waals surface area contributed by atoms with Crippen LogP contribution in [0.25, 0.3) is 16.9 Å². The number of hydrogen-bond acceptors (Lipinski definition) is 5. The molecule has 0 radical (unpaired) electrons. The van der Waals surface area contributed by atoms with Gasteiger partial charge in [0, 0.05) is 23.5 Å². The van der Waals surface area contributed by atoms with Crippen molar-refractivity contribution in [2.24, 2.45) is 0 Å². The van der Waals surface area contributed by atoms with E-state index in [1.165, 1.54) is 36.5 Å². The number of amides is 1. The fourth-order valence-electron chi connectivity index (χ4n) is 2.83. The number of pyridine rings is 1. The molecule has 150 valence electrons. The lowest BCUT2D eigenvalue weighted by atomic mass is 10.2. The first-order valence-electron chi connectivity index (χ1n) is 8.90. The Morgan fingerprint density at radius 3 is 2.50 bits per heavy atom. The smallest absolute Gasteiger partial charge is 0.286 e. The number of halogens is 1. The third-order valence-electron chi connectivity index (χ3n) is 4.29. The summed E-state index contributed by atoms with van der Waals surface area (Å²) in [7, 11) is 0. The minimum Gasteiger partial charge on any atom is -0.484 e. The number of ether oxygens (including phenoxy) is 1. The zero-order chi connectivity index (χ0) is 21.1. The number of imidazole rings is 1. The Hall–Kier alpha value is -4.27. The lowest BCUT2D eigenvalue weighted by molar-refractivity contribution is -0.385. The minimum absolute atomic E-state index is 0.0193. The first kappa shape index (κ1) is 19.1. The number of nitrogens with one attached hydrogen (secondary N) is 1. The average molecular weight is 406 g/mol. The SMILES string of the molecule is O=C(COc1ccc(-c2cn3cc([N+](=O)[O-])ccc3n2)cc1)Nc1ccc(F)cc1. The molecule has 0 aliphatic carbocycles. The summed E-state index contributed by atoms with van der Waals surface area (Å²) >= 11 is 0. The van der Waals surface area contributed by atoms with E-state index in [1.54, 1.807) is 40.9 Å². The van der Waals surface area contributed by atoms with E-state index in [4.69, 9.17) is 4.74 Å². The van der Waals surface area contributed by atoms with E-state index in [0.717, 1.165) is 5.56 Å². The number of carbonyl (C=O) groups excluding carboxylic acids is 1. The number of carbonyl (C=O) groups is 1. The van der Waals surface area contributed by atoms with Crippen LogP contribution in [0.1, 0.15) is 0 Å². The molecule has 2 aromatic heterocycles. The molecule has 4 aromatic rings. The van der Waals surface area contributed by atoms with E-state index in [9.17, 15) is 19.3 Å². The van der Waals surface area contributed by atoms with Gasteiger partial charge in [0.2, 0.25) is 0 Å². The van der Waals surface area contributed by atoms with Crippen LogP contribution in [-0.4, -0.2) is 26.8 Å². The van der Waals surface area contributed by atoms with E-state index in [1.807, 2.05) is 0 Å². The topological polar surface area (TPSA) is 98.8 Å². The molecule has 0 atom stereocenters. The molecule has 30 heavy (non-hydrogen) atoms. The minimum atomic E-state index is -0.461. The molecule has 0 fully saturated rings. The summed E-state index contributed by atoms with van der Waals surface area (Å²) in [4.78, 5) is 26.8. The van der Waals surface area contributed by atoms with E-state index < -0.39 is 4.92 Å². The molecule has 2 heterocycles. The number of nitro groups is 1. The van der Waals surface area contributed by atoms with Crippen LogP contribution in [0.15, 0.2) is 73.1 Å². The second-order valence-corrected chi connectivity index (χ2v) is 6.40. The normalized spacial score (nSPS) is 10.7. The van der Waals surface area contributed by atoms with Crippen molar-refractivity contribution in [3.05, 3.63) is 89.0 Å². The number of fused-ring (bicyclic) bond motifs is 1. The van der Waals surface area contributed by atoms with E-state index >= 15 is 0 Å². The van der Waals surface area contributed by atoms with Gasteiger partial charge in [-0.2, -0.15) is 0 Å². The highest BCUT2D eigenvalue weighted by Crippen LogP contribution is 2.23. The van der Waals surface area contributed by atoms with Crippen LogP contribution in [-0.2, 0) is 4.79 Å². The van der Waals surface area contributed by atoms with Crippen molar-refractivity contribution in [1.29, 1.82) is 0 Å². The van der Waals surface area contributed by atoms with Crippen molar-refractivity contribution in [1.82, 2.24) is 9.38 Å². The van der Waals surface area contributed by atoms with Gasteiger partial charge < -0.3 is 10.1 Å². The first-order valence-corrected chi connectivity index (χ1v) is 8.90. The lowest BCUT2D eigenvalue weighted by Gasteiger charge is -2.08. The number of nitrogens with zero attached hydrogens (tertiary/aromatic N) is 3. The molecule has 9 heteroatoms. The monoisotopic (exact) mass is 406 g/mol. The Morgan fingerprint density at radius 2 is 1.80 bits per heavy atom. The highest BCUT2D eigenvalue weighted by atomic mass is 19.1. The Morgan fingerprint density at radius 1 is 1.07 bits per heavy atom. The lowest BCUT2D eigenvalue weighted by Crippen LogP contribution is -2.20. The number of benzene rings is 2. The Labute approximate surface area is 169 Å². The van der Waals surface area contributed by atoms with Crippen LogP contribution in [0.2, 0.25) is 0 Å². The van der Waals surface area contributed by atoms with Gasteiger partial charge in [-0.1, -0.05) is 0 Å². The number of rotatable bonds is 6. The second kappa shape index (κ2) is 8.00. The summed E-state index contributed by atoms with van der Waals surface area (Å²) in [5.74, 6) is -0.256. The average Bonchev–Trinajstić information content (AvgIpc) is 3.17. The van der Waals surface area contributed by atoms with Gasteiger partial charge in [-0.15, -0.1) is 0 Å². The Bertz CT molecular complexity index is 1220. The van der Waals surface area contributed by atoms with Gasteiger partial charge in [0.1, 0.15) is 17.2 Å². The van der Waals surface area contributed by atoms with Gasteiger partial charge in [0.05, 0.1) is 16.8 Å². The van der Waals surface area contributed by atoms with Crippen molar-refractivity contribution in [3.63, 3.8) is 0 Å². The number of anilines is 1. The van der Waals surface area contributed by atoms with E-state index in [2.05, 4.69) is 10.3 Å². The van der Waals surface area contributed by atoms with Gasteiger partial charge >= 0.3 is 0 Å². The molecular formula is C21H15FN4O4. The third kappa shape index (κ3) is 4.25. The fraction of sp³-hybridized carbons (Fsp3) is 0.0476. The standard InChI is InChI=1S/C21H15FN4O4/c22-15-3-5-16(6-4-15)23-21(27)13-30-18-8-1-14(2-9-18)19-12-25-11-17(26(28)29)7-10-20(25)24-19/h1-12H,13H2,(H,23,27). The summed E-state index contributed by atoms with van der Waals surface area (Å²) in [6.07, 6.45) is 3.11. The molecule has 0 spiro atoms. The summed E-state index contributed by atoms with van der Waals surface area (Å²) in [5, 5.41) is 13.5. The van der Waals surface area contributed by atoms with Gasteiger partial charge in [-0.3, -0.25) is 19.3 Å².